The summed E-state index contributed by atoms with van der Waals surface area (Å²) in [4.78, 5) is 13.3. The third-order valence-electron chi connectivity index (χ3n) is 4.22. The van der Waals surface area contributed by atoms with E-state index < -0.39 is 5.97 Å². The van der Waals surface area contributed by atoms with E-state index in [2.05, 4.69) is 5.16 Å². The van der Waals surface area contributed by atoms with E-state index in [1.165, 1.54) is 6.07 Å². The highest BCUT2D eigenvalue weighted by Crippen LogP contribution is 2.44. The lowest BCUT2D eigenvalue weighted by Crippen LogP contribution is -2.07. The van der Waals surface area contributed by atoms with Gasteiger partial charge in [-0.05, 0) is 30.7 Å². The summed E-state index contributed by atoms with van der Waals surface area (Å²) in [5.74, 6) is -1.48. The number of aromatic carboxylic acids is 1. The maximum atomic E-state index is 11.4. The van der Waals surface area contributed by atoms with Gasteiger partial charge < -0.3 is 29.5 Å². The Kier molecular flexibility index (Phi) is 5.12. The lowest BCUT2D eigenvalue weighted by molar-refractivity contribution is 0.0650. The molecule has 3 rings (SSSR count). The second-order valence-corrected chi connectivity index (χ2v) is 6.33. The quantitative estimate of drug-likeness (QED) is 0.586. The molecule has 0 aliphatic rings. The fraction of sp³-hybridized carbons (Fsp3) is 0.200. The van der Waals surface area contributed by atoms with Crippen molar-refractivity contribution < 1.29 is 29.4 Å². The van der Waals surface area contributed by atoms with Crippen LogP contribution in [0.5, 0.6) is 23.0 Å². The number of hydrogen-bond donors (Lipinski definition) is 3. The van der Waals surface area contributed by atoms with Gasteiger partial charge in [0.1, 0.15) is 28.7 Å². The number of aromatic nitrogens is 1. The van der Waals surface area contributed by atoms with Crippen LogP contribution in [0.2, 0.25) is 0 Å². The summed E-state index contributed by atoms with van der Waals surface area (Å²) in [5.41, 5.74) is 1.59. The minimum absolute atomic E-state index is 0.120. The third kappa shape index (κ3) is 3.57. The summed E-state index contributed by atoms with van der Waals surface area (Å²) in [6.07, 6.45) is 0.317. The number of nitrogens with zero attached hydrogens (tertiary/aromatic N) is 2. The molecule has 28 heavy (non-hydrogen) atoms. The number of phenolic OH excluding ortho intramolecular Hbond substituents is 2. The highest BCUT2D eigenvalue weighted by atomic mass is 16.5. The van der Waals surface area contributed by atoms with Crippen molar-refractivity contribution in [3.8, 4) is 34.3 Å². The first-order chi connectivity index (χ1) is 13.3. The van der Waals surface area contributed by atoms with Crippen molar-refractivity contribution >= 4 is 11.7 Å². The van der Waals surface area contributed by atoms with Gasteiger partial charge in [0.2, 0.25) is 5.76 Å². The smallest absolute Gasteiger partial charge is 0.375 e. The van der Waals surface area contributed by atoms with Gasteiger partial charge in [-0.2, -0.15) is 0 Å². The van der Waals surface area contributed by atoms with Gasteiger partial charge in [-0.3, -0.25) is 0 Å². The maximum Gasteiger partial charge on any atom is 0.375 e. The molecule has 0 unspecified atom stereocenters. The van der Waals surface area contributed by atoms with Gasteiger partial charge in [0.15, 0.2) is 0 Å². The number of anilines is 1. The zero-order chi connectivity index (χ0) is 20.4. The highest BCUT2D eigenvalue weighted by Gasteiger charge is 2.26. The lowest BCUT2D eigenvalue weighted by atomic mass is 10.0. The molecule has 8 heteroatoms. The number of carboxylic acid groups (broad SMARTS) is 1. The first-order valence-corrected chi connectivity index (χ1v) is 8.55. The number of ether oxygens (including phenoxy) is 1. The molecule has 0 atom stereocenters. The molecule has 8 nitrogen and oxygen atoms in total. The molecule has 0 bridgehead atoms. The zero-order valence-electron chi connectivity index (χ0n) is 15.6. The third-order valence-corrected chi connectivity index (χ3v) is 4.22. The minimum Gasteiger partial charge on any atom is -0.508 e. The van der Waals surface area contributed by atoms with E-state index in [1.807, 2.05) is 31.1 Å². The first kappa shape index (κ1) is 19.1. The standard InChI is InChI=1S/C20H20N2O6/c1-4-14-18(21-28-19(14)20(25)26)17-15(24)9-12(23)10-16(17)27-13-7-5-11(6-8-13)22(2)3/h5-10,23-24H,4H2,1-3H3,(H,25,26). The fourth-order valence-corrected chi connectivity index (χ4v) is 2.85. The van der Waals surface area contributed by atoms with E-state index in [0.717, 1.165) is 11.8 Å². The topological polar surface area (TPSA) is 116 Å². The van der Waals surface area contributed by atoms with Gasteiger partial charge in [-0.1, -0.05) is 12.1 Å². The minimum atomic E-state index is -1.25. The number of hydrogen-bond acceptors (Lipinski definition) is 7. The second kappa shape index (κ2) is 7.51. The van der Waals surface area contributed by atoms with Crippen LogP contribution in [0.3, 0.4) is 0 Å². The van der Waals surface area contributed by atoms with Gasteiger partial charge >= 0.3 is 5.97 Å². The Labute approximate surface area is 161 Å². The predicted molar refractivity (Wildman–Crippen MR) is 102 cm³/mol. The average molecular weight is 384 g/mol. The van der Waals surface area contributed by atoms with Gasteiger partial charge in [0, 0.05) is 37.5 Å². The highest BCUT2D eigenvalue weighted by molar-refractivity contribution is 5.90. The summed E-state index contributed by atoms with van der Waals surface area (Å²) in [7, 11) is 3.83. The monoisotopic (exact) mass is 384 g/mol. The Morgan fingerprint density at radius 3 is 2.43 bits per heavy atom. The van der Waals surface area contributed by atoms with E-state index in [1.54, 1.807) is 19.1 Å². The molecule has 0 aliphatic heterocycles. The van der Waals surface area contributed by atoms with Crippen LogP contribution < -0.4 is 9.64 Å². The maximum absolute atomic E-state index is 11.4. The number of carboxylic acids is 1. The van der Waals surface area contributed by atoms with E-state index in [9.17, 15) is 20.1 Å². The summed E-state index contributed by atoms with van der Waals surface area (Å²) in [6.45, 7) is 1.75. The average Bonchev–Trinajstić information content (AvgIpc) is 3.05. The number of aromatic hydroxyl groups is 2. The van der Waals surface area contributed by atoms with E-state index in [-0.39, 0.29) is 34.3 Å². The number of phenols is 2. The van der Waals surface area contributed by atoms with Crippen molar-refractivity contribution in [1.82, 2.24) is 5.16 Å². The Bertz CT molecular complexity index is 1010. The predicted octanol–water partition coefficient (Wildman–Crippen LogP) is 3.87. The number of carbonyl (C=O) groups is 1. The zero-order valence-corrected chi connectivity index (χ0v) is 15.6. The molecule has 0 saturated carbocycles. The Morgan fingerprint density at radius 1 is 1.18 bits per heavy atom. The van der Waals surface area contributed by atoms with Crippen LogP contribution in [-0.4, -0.2) is 40.5 Å². The van der Waals surface area contributed by atoms with Crippen molar-refractivity contribution in [2.75, 3.05) is 19.0 Å². The Morgan fingerprint density at radius 2 is 1.86 bits per heavy atom. The van der Waals surface area contributed by atoms with Crippen molar-refractivity contribution in [3.63, 3.8) is 0 Å². The molecule has 0 fully saturated rings. The normalized spacial score (nSPS) is 10.7. The van der Waals surface area contributed by atoms with E-state index >= 15 is 0 Å². The number of rotatable bonds is 6. The van der Waals surface area contributed by atoms with Crippen LogP contribution in [-0.2, 0) is 6.42 Å². The Hall–Kier alpha value is -3.68. The molecular formula is C20H20N2O6. The van der Waals surface area contributed by atoms with Crippen LogP contribution in [0.1, 0.15) is 23.0 Å². The van der Waals surface area contributed by atoms with Crippen LogP contribution in [0, 0.1) is 0 Å². The largest absolute Gasteiger partial charge is 0.508 e. The molecule has 0 spiro atoms. The molecule has 0 aliphatic carbocycles. The molecule has 1 aromatic heterocycles. The van der Waals surface area contributed by atoms with Gasteiger partial charge in [0.05, 0.1) is 5.56 Å². The second-order valence-electron chi connectivity index (χ2n) is 6.33. The van der Waals surface area contributed by atoms with Crippen molar-refractivity contribution in [3.05, 3.63) is 47.7 Å². The molecule has 3 aromatic rings. The van der Waals surface area contributed by atoms with Crippen molar-refractivity contribution in [2.24, 2.45) is 0 Å². The molecule has 2 aromatic carbocycles. The molecule has 146 valence electrons. The molecule has 1 heterocycles. The fourth-order valence-electron chi connectivity index (χ4n) is 2.85. The molecular weight excluding hydrogens is 364 g/mol. The summed E-state index contributed by atoms with van der Waals surface area (Å²) in [6, 6.07) is 9.65. The van der Waals surface area contributed by atoms with Crippen molar-refractivity contribution in [1.29, 1.82) is 0 Å². The van der Waals surface area contributed by atoms with Crippen LogP contribution in [0.15, 0.2) is 40.9 Å². The molecule has 0 amide bonds. The summed E-state index contributed by atoms with van der Waals surface area (Å²) in [5, 5.41) is 33.4. The van der Waals surface area contributed by atoms with E-state index in [4.69, 9.17) is 9.26 Å². The van der Waals surface area contributed by atoms with Crippen molar-refractivity contribution in [2.45, 2.75) is 13.3 Å². The van der Waals surface area contributed by atoms with Crippen LogP contribution in [0.25, 0.3) is 11.3 Å². The lowest BCUT2D eigenvalue weighted by Gasteiger charge is -2.15. The van der Waals surface area contributed by atoms with Crippen LogP contribution in [0.4, 0.5) is 5.69 Å². The van der Waals surface area contributed by atoms with Gasteiger partial charge in [0.25, 0.3) is 0 Å². The Balaban J connectivity index is 2.09. The van der Waals surface area contributed by atoms with Gasteiger partial charge in [-0.15, -0.1) is 0 Å². The first-order valence-electron chi connectivity index (χ1n) is 8.55. The summed E-state index contributed by atoms with van der Waals surface area (Å²) < 4.78 is 10.8. The molecule has 3 N–H and O–H groups in total. The number of benzene rings is 2. The summed E-state index contributed by atoms with van der Waals surface area (Å²) >= 11 is 0. The molecule has 0 radical (unpaired) electrons. The van der Waals surface area contributed by atoms with Gasteiger partial charge in [-0.25, -0.2) is 4.79 Å². The SMILES string of the molecule is CCc1c(-c2c(O)cc(O)cc2Oc2ccc(N(C)C)cc2)noc1C(=O)O. The molecule has 0 saturated heterocycles. The van der Waals surface area contributed by atoms with Crippen LogP contribution >= 0.6 is 0 Å². The van der Waals surface area contributed by atoms with E-state index in [0.29, 0.717) is 17.7 Å².